The number of rotatable bonds is 3. The monoisotopic (exact) mass is 427 g/mol. The topological polar surface area (TPSA) is 0 Å². The second kappa shape index (κ2) is 8.43. The van der Waals surface area contributed by atoms with Gasteiger partial charge in [0.2, 0.25) is 0 Å². The van der Waals surface area contributed by atoms with E-state index in [1.165, 1.54) is 48.9 Å². The fourth-order valence-electron chi connectivity index (χ4n) is 4.38. The van der Waals surface area contributed by atoms with Gasteiger partial charge in [0.15, 0.2) is 8.80 Å². The summed E-state index contributed by atoms with van der Waals surface area (Å²) in [7, 11) is -1.13. The SMILES string of the molecule is Cc1cc(C)cc([Si](c2cc(C)cc(C)c2)c2cc(C(C)(C)C)cc(C(C)(C)C)c2)c1. The van der Waals surface area contributed by atoms with Crippen molar-refractivity contribution in [3.05, 3.63) is 88.0 Å². The van der Waals surface area contributed by atoms with Gasteiger partial charge in [-0.05, 0) is 49.7 Å². The number of hydrogen-bond acceptors (Lipinski definition) is 0. The molecule has 0 N–H and O–H groups in total. The zero-order chi connectivity index (χ0) is 23.1. The number of benzene rings is 3. The predicted octanol–water partition coefficient (Wildman–Crippen LogP) is 6.03. The summed E-state index contributed by atoms with van der Waals surface area (Å²) >= 11 is 0. The second-order valence-electron chi connectivity index (χ2n) is 11.4. The average Bonchev–Trinajstić information content (AvgIpc) is 2.58. The van der Waals surface area contributed by atoms with E-state index in [2.05, 4.69) is 124 Å². The van der Waals surface area contributed by atoms with Crippen LogP contribution in [0.3, 0.4) is 0 Å². The largest absolute Gasteiger partial charge is 0.154 e. The molecule has 0 nitrogen and oxygen atoms in total. The molecule has 0 saturated heterocycles. The Hall–Kier alpha value is -2.12. The van der Waals surface area contributed by atoms with Crippen molar-refractivity contribution >= 4 is 24.4 Å². The van der Waals surface area contributed by atoms with Crippen molar-refractivity contribution in [2.24, 2.45) is 0 Å². The first-order valence-corrected chi connectivity index (χ1v) is 12.9. The molecule has 1 heteroatoms. The van der Waals surface area contributed by atoms with Gasteiger partial charge in [0.25, 0.3) is 0 Å². The Labute approximate surface area is 192 Å². The molecule has 163 valence electrons. The van der Waals surface area contributed by atoms with E-state index in [0.29, 0.717) is 0 Å². The van der Waals surface area contributed by atoms with E-state index in [1.54, 1.807) is 0 Å². The van der Waals surface area contributed by atoms with Gasteiger partial charge in [0.05, 0.1) is 0 Å². The van der Waals surface area contributed by atoms with Crippen LogP contribution >= 0.6 is 0 Å². The summed E-state index contributed by atoms with van der Waals surface area (Å²) in [5.41, 5.74) is 8.52. The quantitative estimate of drug-likeness (QED) is 0.353. The lowest BCUT2D eigenvalue weighted by Gasteiger charge is -2.28. The summed E-state index contributed by atoms with van der Waals surface area (Å²) in [6.07, 6.45) is 0. The van der Waals surface area contributed by atoms with Crippen molar-refractivity contribution in [1.82, 2.24) is 0 Å². The second-order valence-corrected chi connectivity index (χ2v) is 13.9. The smallest absolute Gasteiger partial charge is 0.0595 e. The molecule has 3 rings (SSSR count). The Bertz CT molecular complexity index is 966. The molecular formula is C30H39Si. The van der Waals surface area contributed by atoms with Crippen molar-refractivity contribution < 1.29 is 0 Å². The first-order valence-electron chi connectivity index (χ1n) is 11.4. The van der Waals surface area contributed by atoms with Crippen LogP contribution in [0.4, 0.5) is 0 Å². The Morgan fingerprint density at radius 3 is 1.00 bits per heavy atom. The minimum atomic E-state index is -1.13. The molecule has 31 heavy (non-hydrogen) atoms. The molecule has 3 aromatic rings. The minimum absolute atomic E-state index is 0.119. The summed E-state index contributed by atoms with van der Waals surface area (Å²) in [4.78, 5) is 0. The van der Waals surface area contributed by atoms with Crippen LogP contribution in [0.1, 0.15) is 74.9 Å². The maximum absolute atomic E-state index is 2.50. The van der Waals surface area contributed by atoms with Crippen LogP contribution in [0, 0.1) is 27.7 Å². The molecule has 0 spiro atoms. The van der Waals surface area contributed by atoms with Gasteiger partial charge in [0.1, 0.15) is 0 Å². The molecule has 0 atom stereocenters. The third kappa shape index (κ3) is 5.57. The normalized spacial score (nSPS) is 12.5. The Morgan fingerprint density at radius 1 is 0.419 bits per heavy atom. The van der Waals surface area contributed by atoms with Crippen LogP contribution in [0.25, 0.3) is 0 Å². The highest BCUT2D eigenvalue weighted by atomic mass is 28.3. The Kier molecular flexibility index (Phi) is 6.40. The van der Waals surface area contributed by atoms with Crippen molar-refractivity contribution in [2.45, 2.75) is 80.1 Å². The van der Waals surface area contributed by atoms with E-state index in [4.69, 9.17) is 0 Å². The van der Waals surface area contributed by atoms with Gasteiger partial charge in [0, 0.05) is 0 Å². The zero-order valence-corrected chi connectivity index (χ0v) is 22.2. The fourth-order valence-corrected chi connectivity index (χ4v) is 7.46. The van der Waals surface area contributed by atoms with E-state index in [9.17, 15) is 0 Å². The maximum Gasteiger partial charge on any atom is 0.154 e. The standard InChI is InChI=1S/C30H39Si/c1-20-11-21(2)14-26(13-20)31(27-15-22(3)12-23(4)16-27)28-18-24(29(5,6)7)17-25(19-28)30(8,9)10/h11-19H,1-10H3. The van der Waals surface area contributed by atoms with Gasteiger partial charge in [-0.25, -0.2) is 0 Å². The zero-order valence-electron chi connectivity index (χ0n) is 21.2. The summed E-state index contributed by atoms with van der Waals surface area (Å²) in [6.45, 7) is 22.9. The lowest BCUT2D eigenvalue weighted by Crippen LogP contribution is -2.53. The van der Waals surface area contributed by atoms with Crippen molar-refractivity contribution in [2.75, 3.05) is 0 Å². The molecule has 0 aromatic heterocycles. The van der Waals surface area contributed by atoms with E-state index in [-0.39, 0.29) is 10.8 Å². The summed E-state index contributed by atoms with van der Waals surface area (Å²) in [5, 5.41) is 4.47. The molecule has 0 heterocycles. The molecule has 0 unspecified atom stereocenters. The van der Waals surface area contributed by atoms with Crippen LogP contribution in [-0.4, -0.2) is 8.80 Å². The Balaban J connectivity index is 2.36. The molecule has 0 aliphatic rings. The van der Waals surface area contributed by atoms with Gasteiger partial charge in [-0.3, -0.25) is 0 Å². The summed E-state index contributed by atoms with van der Waals surface area (Å²) < 4.78 is 0. The van der Waals surface area contributed by atoms with Crippen molar-refractivity contribution in [1.29, 1.82) is 0 Å². The van der Waals surface area contributed by atoms with E-state index in [0.717, 1.165) is 0 Å². The fraction of sp³-hybridized carbons (Fsp3) is 0.400. The van der Waals surface area contributed by atoms with E-state index >= 15 is 0 Å². The molecule has 0 amide bonds. The molecule has 0 fully saturated rings. The number of aryl methyl sites for hydroxylation is 4. The third-order valence-electron chi connectivity index (χ3n) is 5.97. The Morgan fingerprint density at radius 2 is 0.710 bits per heavy atom. The molecule has 3 aromatic carbocycles. The van der Waals surface area contributed by atoms with E-state index in [1.807, 2.05) is 0 Å². The molecule has 0 saturated carbocycles. The van der Waals surface area contributed by atoms with Gasteiger partial charge in [-0.15, -0.1) is 0 Å². The highest BCUT2D eigenvalue weighted by Crippen LogP contribution is 2.28. The molecule has 0 bridgehead atoms. The first-order chi connectivity index (χ1) is 14.2. The van der Waals surface area contributed by atoms with Gasteiger partial charge >= 0.3 is 0 Å². The van der Waals surface area contributed by atoms with Crippen LogP contribution in [0.5, 0.6) is 0 Å². The van der Waals surface area contributed by atoms with Crippen LogP contribution in [0.15, 0.2) is 54.6 Å². The average molecular weight is 428 g/mol. The van der Waals surface area contributed by atoms with Gasteiger partial charge in [-0.2, -0.15) is 0 Å². The highest BCUT2D eigenvalue weighted by Gasteiger charge is 2.26. The molecule has 1 radical (unpaired) electrons. The first kappa shape index (κ1) is 23.5. The lowest BCUT2D eigenvalue weighted by molar-refractivity contribution is 0.569. The minimum Gasteiger partial charge on any atom is -0.0595 e. The highest BCUT2D eigenvalue weighted by molar-refractivity contribution is 6.95. The van der Waals surface area contributed by atoms with Crippen molar-refractivity contribution in [3.63, 3.8) is 0 Å². The third-order valence-corrected chi connectivity index (χ3v) is 8.57. The van der Waals surface area contributed by atoms with Crippen LogP contribution in [-0.2, 0) is 10.8 Å². The van der Waals surface area contributed by atoms with E-state index < -0.39 is 8.80 Å². The number of hydrogen-bond donors (Lipinski definition) is 0. The van der Waals surface area contributed by atoms with Gasteiger partial charge < -0.3 is 0 Å². The van der Waals surface area contributed by atoms with Gasteiger partial charge in [-0.1, -0.05) is 134 Å². The maximum atomic E-state index is 2.50. The molecule has 0 aliphatic carbocycles. The molecule has 0 aliphatic heterocycles. The molecular weight excluding hydrogens is 388 g/mol. The van der Waals surface area contributed by atoms with Crippen LogP contribution < -0.4 is 15.6 Å². The predicted molar refractivity (Wildman–Crippen MR) is 140 cm³/mol. The van der Waals surface area contributed by atoms with Crippen LogP contribution in [0.2, 0.25) is 0 Å². The summed E-state index contributed by atoms with van der Waals surface area (Å²) in [5.74, 6) is 0. The lowest BCUT2D eigenvalue weighted by atomic mass is 9.81. The van der Waals surface area contributed by atoms with Crippen molar-refractivity contribution in [3.8, 4) is 0 Å². The summed E-state index contributed by atoms with van der Waals surface area (Å²) in [6, 6.07) is 21.7.